The molecule has 0 unspecified atom stereocenters. The van der Waals surface area contributed by atoms with Crippen LogP contribution in [0.25, 0.3) is 21.8 Å². The highest BCUT2D eigenvalue weighted by Crippen LogP contribution is 2.44. The van der Waals surface area contributed by atoms with Gasteiger partial charge in [-0.3, -0.25) is 0 Å². The number of aromatic amines is 2. The summed E-state index contributed by atoms with van der Waals surface area (Å²) < 4.78 is 36.2. The Balaban J connectivity index is 0.000000207. The van der Waals surface area contributed by atoms with Gasteiger partial charge in [-0.1, -0.05) is 86.6 Å². The summed E-state index contributed by atoms with van der Waals surface area (Å²) >= 11 is 0. The van der Waals surface area contributed by atoms with Gasteiger partial charge in [0.25, 0.3) is 0 Å². The standard InChI is InChI=1S/C28H33N3O4.C27H32FN3O5.C2H6/c1-18-10-11-20-21(15-29-23(20)14-18)22-16-31(26(32)34-17-19-8-6-5-7-9-19)24-12-13-30(25(22)24)27(33)35-28(2,3)4;1-27(2,3)36-26(34)31-12-11-23(32)24(31)21(20-14-29-22-13-18(28)9-10-19(20)22)15-30-25(33)35-16-17-7-5-4-6-8-17;1-2/h5-11,14-15,22,24-25,29H,12-13,16-17H2,1-4H3;4-10,13-14,21,23-24,29,32H,11-12,15-16H2,1-3H3,(H,30,33);1-2H3/t22-,24-,25-;21-,23+,24-;/m11./s1. The van der Waals surface area contributed by atoms with Crippen LogP contribution in [0.3, 0.4) is 0 Å². The normalized spacial score (nSPS) is 19.8. The SMILES string of the molecule is CC.CC(C)(C)OC(=O)N1CC[C@H](O)[C@H]1[C@H](CNC(=O)OCc1ccccc1)c1c[nH]c2cc(F)ccc12.Cc1ccc2c([C@H]3CN(C(=O)OCc4ccccc4)[C@@H]4CCN(C(=O)OC(C)(C)C)[C@H]34)c[nH]c2c1. The van der Waals surface area contributed by atoms with Crippen molar-refractivity contribution < 1.29 is 47.6 Å². The van der Waals surface area contributed by atoms with Crippen molar-refractivity contribution >= 4 is 46.2 Å². The van der Waals surface area contributed by atoms with Crippen molar-refractivity contribution in [1.29, 1.82) is 0 Å². The number of benzene rings is 4. The zero-order valence-electron chi connectivity index (χ0n) is 43.4. The van der Waals surface area contributed by atoms with Crippen LogP contribution < -0.4 is 5.32 Å². The number of aliphatic hydroxyl groups is 1. The van der Waals surface area contributed by atoms with Gasteiger partial charge in [0.05, 0.1) is 24.2 Å². The summed E-state index contributed by atoms with van der Waals surface area (Å²) in [5, 5.41) is 15.6. The lowest BCUT2D eigenvalue weighted by molar-refractivity contribution is 0.0117. The van der Waals surface area contributed by atoms with E-state index in [0.717, 1.165) is 38.5 Å². The van der Waals surface area contributed by atoms with Crippen LogP contribution in [-0.2, 0) is 32.2 Å². The molecule has 4 aromatic carbocycles. The third-order valence-electron chi connectivity index (χ3n) is 13.2. The first-order valence-electron chi connectivity index (χ1n) is 25.3. The average Bonchev–Trinajstić information content (AvgIpc) is 4.20. The maximum atomic E-state index is 13.8. The van der Waals surface area contributed by atoms with Crippen molar-refractivity contribution in [3.63, 3.8) is 0 Å². The number of halogens is 1. The van der Waals surface area contributed by atoms with Gasteiger partial charge in [-0.05, 0) is 113 Å². The highest BCUT2D eigenvalue weighted by molar-refractivity contribution is 5.86. The zero-order valence-corrected chi connectivity index (χ0v) is 43.4. The van der Waals surface area contributed by atoms with Crippen molar-refractivity contribution in [1.82, 2.24) is 30.0 Å². The summed E-state index contributed by atoms with van der Waals surface area (Å²) in [6, 6.07) is 28.8. The molecular weight excluding hydrogens is 932 g/mol. The number of fused-ring (bicyclic) bond motifs is 3. The maximum absolute atomic E-state index is 13.8. The maximum Gasteiger partial charge on any atom is 0.410 e. The lowest BCUT2D eigenvalue weighted by atomic mass is 9.88. The van der Waals surface area contributed by atoms with Gasteiger partial charge in [-0.2, -0.15) is 0 Å². The first kappa shape index (κ1) is 53.7. The highest BCUT2D eigenvalue weighted by Gasteiger charge is 2.54. The van der Waals surface area contributed by atoms with E-state index in [1.165, 1.54) is 22.6 Å². The average molecular weight is 1000 g/mol. The van der Waals surface area contributed by atoms with Crippen molar-refractivity contribution in [3.05, 3.63) is 143 Å². The number of amides is 4. The number of carbonyl (C=O) groups is 4. The fourth-order valence-corrected chi connectivity index (χ4v) is 10.1. The molecule has 3 aliphatic rings. The number of hydrogen-bond donors (Lipinski definition) is 4. The van der Waals surface area contributed by atoms with Crippen molar-refractivity contribution in [2.75, 3.05) is 26.2 Å². The van der Waals surface area contributed by atoms with Crippen molar-refractivity contribution in [2.24, 2.45) is 0 Å². The second kappa shape index (κ2) is 23.2. The second-order valence-electron chi connectivity index (χ2n) is 20.6. The van der Waals surface area contributed by atoms with Crippen molar-refractivity contribution in [2.45, 2.75) is 136 Å². The third-order valence-corrected chi connectivity index (χ3v) is 13.2. The van der Waals surface area contributed by atoms with Gasteiger partial charge < -0.3 is 54.0 Å². The molecule has 0 bridgehead atoms. The Morgan fingerprint density at radius 3 is 1.93 bits per heavy atom. The first-order chi connectivity index (χ1) is 34.8. The van der Waals surface area contributed by atoms with Gasteiger partial charge in [0.15, 0.2) is 0 Å². The largest absolute Gasteiger partial charge is 0.445 e. The van der Waals surface area contributed by atoms with E-state index in [2.05, 4.69) is 40.4 Å². The summed E-state index contributed by atoms with van der Waals surface area (Å²) in [6.45, 7) is 18.8. The molecule has 5 heterocycles. The van der Waals surface area contributed by atoms with E-state index < -0.39 is 41.5 Å². The first-order valence-corrected chi connectivity index (χ1v) is 25.3. The monoisotopic (exact) mass is 1000 g/mol. The lowest BCUT2D eigenvalue weighted by Gasteiger charge is -2.34. The van der Waals surface area contributed by atoms with Crippen LogP contribution in [0.1, 0.15) is 108 Å². The van der Waals surface area contributed by atoms with Gasteiger partial charge in [0.1, 0.15) is 30.2 Å². The van der Waals surface area contributed by atoms with Crippen LogP contribution in [0.5, 0.6) is 0 Å². The molecule has 3 aliphatic heterocycles. The number of H-pyrrole nitrogens is 2. The molecule has 3 fully saturated rings. The molecule has 3 saturated heterocycles. The summed E-state index contributed by atoms with van der Waals surface area (Å²) in [7, 11) is 0. The fourth-order valence-electron chi connectivity index (χ4n) is 10.1. The van der Waals surface area contributed by atoms with Crippen LogP contribution in [0.4, 0.5) is 23.6 Å². The Morgan fingerprint density at radius 2 is 1.29 bits per heavy atom. The molecule has 0 radical (unpaired) electrons. The molecule has 2 aromatic heterocycles. The number of nitrogens with one attached hydrogen (secondary N) is 3. The predicted molar refractivity (Wildman–Crippen MR) is 279 cm³/mol. The smallest absolute Gasteiger partial charge is 0.410 e. The quantitative estimate of drug-likeness (QED) is 0.103. The van der Waals surface area contributed by atoms with E-state index >= 15 is 0 Å². The van der Waals surface area contributed by atoms with E-state index in [1.807, 2.05) is 111 Å². The number of alkyl carbamates (subject to hydrolysis) is 1. The van der Waals surface area contributed by atoms with Gasteiger partial charge in [0.2, 0.25) is 0 Å². The van der Waals surface area contributed by atoms with E-state index in [1.54, 1.807) is 33.0 Å². The van der Waals surface area contributed by atoms with E-state index in [9.17, 15) is 28.7 Å². The number of hydrogen-bond acceptors (Lipinski definition) is 9. The Morgan fingerprint density at radius 1 is 0.712 bits per heavy atom. The van der Waals surface area contributed by atoms with E-state index in [4.69, 9.17) is 18.9 Å². The van der Waals surface area contributed by atoms with Crippen LogP contribution in [0.2, 0.25) is 0 Å². The number of ether oxygens (including phenoxy) is 4. The molecule has 6 atom stereocenters. The van der Waals surface area contributed by atoms with Gasteiger partial charge in [-0.15, -0.1) is 0 Å². The molecule has 16 heteroatoms. The van der Waals surface area contributed by atoms with E-state index in [-0.39, 0.29) is 55.8 Å². The van der Waals surface area contributed by atoms with Crippen LogP contribution in [0, 0.1) is 12.7 Å². The van der Waals surface area contributed by atoms with Crippen molar-refractivity contribution in [3.8, 4) is 0 Å². The fraction of sp³-hybridized carbons (Fsp3) is 0.439. The molecule has 0 saturated carbocycles. The number of aromatic nitrogens is 2. The molecule has 15 nitrogen and oxygen atoms in total. The Bertz CT molecular complexity index is 2820. The Labute approximate surface area is 427 Å². The summed E-state index contributed by atoms with van der Waals surface area (Å²) in [5.74, 6) is -0.944. The molecule has 0 spiro atoms. The van der Waals surface area contributed by atoms with Gasteiger partial charge >= 0.3 is 24.4 Å². The summed E-state index contributed by atoms with van der Waals surface area (Å²) in [5.41, 5.74) is 5.18. The number of carbonyl (C=O) groups excluding carboxylic acids is 4. The predicted octanol–water partition coefficient (Wildman–Crippen LogP) is 11.3. The number of aryl methyl sites for hydroxylation is 1. The minimum atomic E-state index is -0.838. The molecule has 4 amide bonds. The number of nitrogens with zero attached hydrogens (tertiary/aromatic N) is 3. The highest BCUT2D eigenvalue weighted by atomic mass is 19.1. The molecule has 9 rings (SSSR count). The lowest BCUT2D eigenvalue weighted by Crippen LogP contribution is -2.48. The van der Waals surface area contributed by atoms with Gasteiger partial charge in [0, 0.05) is 72.2 Å². The number of rotatable bonds is 9. The third kappa shape index (κ3) is 13.1. The van der Waals surface area contributed by atoms with Gasteiger partial charge in [-0.25, -0.2) is 23.6 Å². The molecule has 6 aromatic rings. The zero-order chi connectivity index (χ0) is 52.6. The minimum absolute atomic E-state index is 0.0456. The van der Waals surface area contributed by atoms with Crippen LogP contribution >= 0.6 is 0 Å². The molecule has 390 valence electrons. The molecule has 0 aliphatic carbocycles. The summed E-state index contributed by atoms with van der Waals surface area (Å²) in [6.07, 6.45) is 2.16. The van der Waals surface area contributed by atoms with E-state index in [0.29, 0.717) is 38.0 Å². The number of aliphatic hydroxyl groups excluding tert-OH is 1. The molecular formula is C57H71FN6O9. The topological polar surface area (TPSA) is 179 Å². The Hall–Kier alpha value is -7.07. The second-order valence-corrected chi connectivity index (χ2v) is 20.6. The summed E-state index contributed by atoms with van der Waals surface area (Å²) in [4.78, 5) is 63.6. The van der Waals surface area contributed by atoms with Crippen LogP contribution in [0.15, 0.2) is 109 Å². The van der Waals surface area contributed by atoms with Crippen LogP contribution in [-0.4, -0.2) is 116 Å². The molecule has 73 heavy (non-hydrogen) atoms. The Kier molecular flexibility index (Phi) is 17.1. The molecule has 4 N–H and O–H groups in total. The number of likely N-dealkylation sites (tertiary alicyclic amines) is 3. The minimum Gasteiger partial charge on any atom is -0.445 e.